The number of nitrogens with one attached hydrogen (secondary N) is 1. The van der Waals surface area contributed by atoms with Crippen LogP contribution >= 0.6 is 0 Å². The zero-order valence-electron chi connectivity index (χ0n) is 16.7. The number of carbonyl (C=O) groups is 2. The molecule has 0 radical (unpaired) electrons. The first kappa shape index (κ1) is 20.1. The summed E-state index contributed by atoms with van der Waals surface area (Å²) >= 11 is 0. The summed E-state index contributed by atoms with van der Waals surface area (Å²) in [5.41, 5.74) is 3.28. The lowest BCUT2D eigenvalue weighted by Crippen LogP contribution is -2.37. The van der Waals surface area contributed by atoms with Gasteiger partial charge in [0.1, 0.15) is 0 Å². The molecule has 0 atom stereocenters. The third-order valence-corrected chi connectivity index (χ3v) is 5.57. The van der Waals surface area contributed by atoms with Crippen molar-refractivity contribution in [3.8, 4) is 0 Å². The highest BCUT2D eigenvalue weighted by Gasteiger charge is 2.20. The Kier molecular flexibility index (Phi) is 7.24. The molecule has 0 aliphatic carbocycles. The summed E-state index contributed by atoms with van der Waals surface area (Å²) in [6.07, 6.45) is 5.05. The Morgan fingerprint density at radius 1 is 0.964 bits per heavy atom. The van der Waals surface area contributed by atoms with E-state index in [-0.39, 0.29) is 11.8 Å². The molecule has 1 aliphatic rings. The fraction of sp³-hybridized carbons (Fsp3) is 0.417. The highest BCUT2D eigenvalue weighted by atomic mass is 16.2. The fourth-order valence-corrected chi connectivity index (χ4v) is 3.82. The Bertz CT molecular complexity index is 763. The van der Waals surface area contributed by atoms with Crippen LogP contribution in [0.5, 0.6) is 0 Å². The van der Waals surface area contributed by atoms with E-state index < -0.39 is 0 Å². The number of nitrogens with zero attached hydrogens (tertiary/aromatic N) is 1. The second-order valence-electron chi connectivity index (χ2n) is 7.70. The molecule has 2 aromatic rings. The smallest absolute Gasteiger partial charge is 0.251 e. The van der Waals surface area contributed by atoms with Crippen LogP contribution in [-0.2, 0) is 17.6 Å². The standard InChI is InChI=1S/C24H30N2O2/c1-19(27)26-16-13-22(14-17-26)18-21-9-11-23(12-10-21)24(28)25-15-5-8-20-6-3-2-4-7-20/h2-4,6-7,9-12,22H,5,8,13-18H2,1H3,(H,25,28). The Hall–Kier alpha value is -2.62. The van der Waals surface area contributed by atoms with Crippen molar-refractivity contribution in [3.63, 3.8) is 0 Å². The van der Waals surface area contributed by atoms with Crippen molar-refractivity contribution >= 4 is 11.8 Å². The first-order chi connectivity index (χ1) is 13.6. The maximum absolute atomic E-state index is 12.3. The Morgan fingerprint density at radius 2 is 1.64 bits per heavy atom. The maximum atomic E-state index is 12.3. The number of piperidine rings is 1. The van der Waals surface area contributed by atoms with Gasteiger partial charge in [-0.25, -0.2) is 0 Å². The van der Waals surface area contributed by atoms with Gasteiger partial charge in [-0.05, 0) is 61.3 Å². The number of likely N-dealkylation sites (tertiary alicyclic amines) is 1. The van der Waals surface area contributed by atoms with Crippen molar-refractivity contribution in [1.29, 1.82) is 0 Å². The van der Waals surface area contributed by atoms with Gasteiger partial charge < -0.3 is 10.2 Å². The SMILES string of the molecule is CC(=O)N1CCC(Cc2ccc(C(=O)NCCCc3ccccc3)cc2)CC1. The normalized spacial score (nSPS) is 14.7. The molecule has 148 valence electrons. The van der Waals surface area contributed by atoms with E-state index in [9.17, 15) is 9.59 Å². The van der Waals surface area contributed by atoms with Crippen molar-refractivity contribution in [2.45, 2.75) is 39.0 Å². The largest absolute Gasteiger partial charge is 0.352 e. The van der Waals surface area contributed by atoms with Gasteiger partial charge in [-0.3, -0.25) is 9.59 Å². The van der Waals surface area contributed by atoms with Crippen LogP contribution < -0.4 is 5.32 Å². The van der Waals surface area contributed by atoms with E-state index >= 15 is 0 Å². The van der Waals surface area contributed by atoms with Gasteiger partial charge in [0.2, 0.25) is 5.91 Å². The van der Waals surface area contributed by atoms with Crippen molar-refractivity contribution in [2.75, 3.05) is 19.6 Å². The van der Waals surface area contributed by atoms with E-state index in [1.165, 1.54) is 11.1 Å². The first-order valence-corrected chi connectivity index (χ1v) is 10.3. The minimum atomic E-state index is -0.00521. The zero-order valence-corrected chi connectivity index (χ0v) is 16.7. The molecular weight excluding hydrogens is 348 g/mol. The highest BCUT2D eigenvalue weighted by molar-refractivity contribution is 5.94. The van der Waals surface area contributed by atoms with Crippen molar-refractivity contribution < 1.29 is 9.59 Å². The van der Waals surface area contributed by atoms with Gasteiger partial charge in [-0.15, -0.1) is 0 Å². The molecule has 3 rings (SSSR count). The molecule has 4 heteroatoms. The second-order valence-corrected chi connectivity index (χ2v) is 7.70. The van der Waals surface area contributed by atoms with E-state index in [4.69, 9.17) is 0 Å². The quantitative estimate of drug-likeness (QED) is 0.744. The average Bonchev–Trinajstić information content (AvgIpc) is 2.73. The van der Waals surface area contributed by atoms with E-state index in [0.717, 1.165) is 50.8 Å². The van der Waals surface area contributed by atoms with Crippen molar-refractivity contribution in [1.82, 2.24) is 10.2 Å². The number of hydrogen-bond acceptors (Lipinski definition) is 2. The van der Waals surface area contributed by atoms with Crippen molar-refractivity contribution in [2.24, 2.45) is 5.92 Å². The number of benzene rings is 2. The van der Waals surface area contributed by atoms with Crippen LogP contribution in [0.25, 0.3) is 0 Å². The lowest BCUT2D eigenvalue weighted by molar-refractivity contribution is -0.130. The van der Waals surface area contributed by atoms with Crippen LogP contribution in [0, 0.1) is 5.92 Å². The van der Waals surface area contributed by atoms with Gasteiger partial charge in [0, 0.05) is 32.1 Å². The molecule has 4 nitrogen and oxygen atoms in total. The van der Waals surface area contributed by atoms with Crippen molar-refractivity contribution in [3.05, 3.63) is 71.3 Å². The summed E-state index contributed by atoms with van der Waals surface area (Å²) < 4.78 is 0. The van der Waals surface area contributed by atoms with Gasteiger partial charge in [-0.2, -0.15) is 0 Å². The lowest BCUT2D eigenvalue weighted by Gasteiger charge is -2.31. The molecule has 0 unspecified atom stereocenters. The van der Waals surface area contributed by atoms with Crippen LogP contribution in [0.4, 0.5) is 0 Å². The molecule has 0 bridgehead atoms. The lowest BCUT2D eigenvalue weighted by atomic mass is 9.90. The van der Waals surface area contributed by atoms with E-state index in [1.54, 1.807) is 6.92 Å². The highest BCUT2D eigenvalue weighted by Crippen LogP contribution is 2.22. The van der Waals surface area contributed by atoms with Gasteiger partial charge in [-0.1, -0.05) is 42.5 Å². The topological polar surface area (TPSA) is 49.4 Å². The summed E-state index contributed by atoms with van der Waals surface area (Å²) in [6, 6.07) is 18.3. The minimum Gasteiger partial charge on any atom is -0.352 e. The molecule has 2 aromatic carbocycles. The van der Waals surface area contributed by atoms with Crippen LogP contribution in [0.1, 0.15) is 47.7 Å². The molecule has 0 aromatic heterocycles. The number of hydrogen-bond donors (Lipinski definition) is 1. The number of carbonyl (C=O) groups excluding carboxylic acids is 2. The summed E-state index contributed by atoms with van der Waals surface area (Å²) in [5.74, 6) is 0.792. The average molecular weight is 379 g/mol. The van der Waals surface area contributed by atoms with Crippen LogP contribution in [0.15, 0.2) is 54.6 Å². The molecule has 2 amide bonds. The second kappa shape index (κ2) is 10.1. The van der Waals surface area contributed by atoms with E-state index in [0.29, 0.717) is 12.5 Å². The molecule has 28 heavy (non-hydrogen) atoms. The Morgan fingerprint density at radius 3 is 2.29 bits per heavy atom. The van der Waals surface area contributed by atoms with Gasteiger partial charge >= 0.3 is 0 Å². The number of aryl methyl sites for hydroxylation is 1. The maximum Gasteiger partial charge on any atom is 0.251 e. The summed E-state index contributed by atoms with van der Waals surface area (Å²) in [5, 5.41) is 3.01. The molecule has 0 spiro atoms. The van der Waals surface area contributed by atoms with Crippen LogP contribution in [0.3, 0.4) is 0 Å². The molecule has 0 saturated carbocycles. The van der Waals surface area contributed by atoms with Crippen LogP contribution in [0.2, 0.25) is 0 Å². The molecular formula is C24H30N2O2. The van der Waals surface area contributed by atoms with E-state index in [2.05, 4.69) is 29.6 Å². The van der Waals surface area contributed by atoms with Crippen LogP contribution in [-0.4, -0.2) is 36.3 Å². The zero-order chi connectivity index (χ0) is 19.8. The van der Waals surface area contributed by atoms with Gasteiger partial charge in [0.05, 0.1) is 0 Å². The molecule has 1 N–H and O–H groups in total. The third-order valence-electron chi connectivity index (χ3n) is 5.57. The molecule has 1 heterocycles. The molecule has 1 aliphatic heterocycles. The third kappa shape index (κ3) is 5.95. The summed E-state index contributed by atoms with van der Waals surface area (Å²) in [4.78, 5) is 25.7. The minimum absolute atomic E-state index is 0.00521. The van der Waals surface area contributed by atoms with E-state index in [1.807, 2.05) is 35.2 Å². The van der Waals surface area contributed by atoms with Gasteiger partial charge in [0.15, 0.2) is 0 Å². The molecule has 1 fully saturated rings. The first-order valence-electron chi connectivity index (χ1n) is 10.3. The van der Waals surface area contributed by atoms with Gasteiger partial charge in [0.25, 0.3) is 5.91 Å². The monoisotopic (exact) mass is 378 g/mol. The summed E-state index contributed by atoms with van der Waals surface area (Å²) in [6.45, 7) is 4.06. The fourth-order valence-electron chi connectivity index (χ4n) is 3.82. The predicted molar refractivity (Wildman–Crippen MR) is 112 cm³/mol. The summed E-state index contributed by atoms with van der Waals surface area (Å²) in [7, 11) is 0. The molecule has 1 saturated heterocycles. The number of rotatable bonds is 7. The Labute approximate surface area is 167 Å². The predicted octanol–water partition coefficient (Wildman–Crippen LogP) is 3.85. The number of amides is 2. The Balaban J connectivity index is 1.40.